The van der Waals surface area contributed by atoms with Gasteiger partial charge in [-0.15, -0.1) is 0 Å². The van der Waals surface area contributed by atoms with Gasteiger partial charge in [-0.05, 0) is 43.5 Å². The Morgan fingerprint density at radius 1 is 1.29 bits per heavy atom. The average molecular weight is 228 g/mol. The normalized spacial score (nSPS) is 13.9. The molecular weight excluding hydrogens is 212 g/mol. The van der Waals surface area contributed by atoms with E-state index in [1.807, 2.05) is 7.05 Å². The molecule has 1 N–H and O–H groups in total. The first-order valence-electron chi connectivity index (χ1n) is 6.07. The van der Waals surface area contributed by atoms with E-state index in [9.17, 15) is 0 Å². The molecule has 3 heteroatoms. The van der Waals surface area contributed by atoms with Crippen LogP contribution in [0.3, 0.4) is 0 Å². The molecule has 88 valence electrons. The smallest absolute Gasteiger partial charge is 0.181 e. The third-order valence-electron chi connectivity index (χ3n) is 3.35. The van der Waals surface area contributed by atoms with Crippen molar-refractivity contribution in [2.45, 2.75) is 25.8 Å². The number of oxazole rings is 1. The lowest BCUT2D eigenvalue weighted by atomic mass is 10.0. The van der Waals surface area contributed by atoms with Crippen LogP contribution < -0.4 is 5.32 Å². The molecule has 0 aliphatic heterocycles. The van der Waals surface area contributed by atoms with Gasteiger partial charge in [-0.25, -0.2) is 4.98 Å². The molecule has 1 aromatic carbocycles. The van der Waals surface area contributed by atoms with Crippen LogP contribution in [0.1, 0.15) is 23.2 Å². The van der Waals surface area contributed by atoms with Crippen LogP contribution in [0, 0.1) is 0 Å². The van der Waals surface area contributed by atoms with Gasteiger partial charge in [0.25, 0.3) is 0 Å². The van der Waals surface area contributed by atoms with Crippen molar-refractivity contribution in [2.24, 2.45) is 0 Å². The lowest BCUT2D eigenvalue weighted by Crippen LogP contribution is -2.06. The maximum atomic E-state index is 5.51. The first kappa shape index (κ1) is 10.5. The van der Waals surface area contributed by atoms with Crippen molar-refractivity contribution in [1.29, 1.82) is 0 Å². The monoisotopic (exact) mass is 228 g/mol. The van der Waals surface area contributed by atoms with E-state index >= 15 is 0 Å². The predicted molar refractivity (Wildman–Crippen MR) is 66.7 cm³/mol. The quantitative estimate of drug-likeness (QED) is 0.877. The number of aromatic nitrogens is 1. The van der Waals surface area contributed by atoms with Gasteiger partial charge in [-0.3, -0.25) is 0 Å². The molecule has 0 saturated carbocycles. The van der Waals surface area contributed by atoms with Crippen LogP contribution in [0.2, 0.25) is 0 Å². The summed E-state index contributed by atoms with van der Waals surface area (Å²) in [5.74, 6) is 0.897. The number of rotatable bonds is 3. The average Bonchev–Trinajstić information content (AvgIpc) is 2.96. The highest BCUT2D eigenvalue weighted by Crippen LogP contribution is 2.29. The van der Waals surface area contributed by atoms with E-state index in [1.165, 1.54) is 36.8 Å². The molecule has 0 atom stereocenters. The number of hydrogen-bond acceptors (Lipinski definition) is 3. The standard InChI is InChI=1S/C14H16N2O/c1-15-8-13-14(17-9-16-13)12-6-5-10-3-2-4-11(10)7-12/h5-7,9,15H,2-4,8H2,1H3. The van der Waals surface area contributed by atoms with Crippen LogP contribution >= 0.6 is 0 Å². The summed E-state index contributed by atoms with van der Waals surface area (Å²) >= 11 is 0. The predicted octanol–water partition coefficient (Wildman–Crippen LogP) is 2.55. The highest BCUT2D eigenvalue weighted by Gasteiger charge is 2.15. The molecule has 0 saturated heterocycles. The second-order valence-corrected chi connectivity index (χ2v) is 4.50. The Balaban J connectivity index is 2.00. The van der Waals surface area contributed by atoms with Crippen LogP contribution in [-0.4, -0.2) is 12.0 Å². The third kappa shape index (κ3) is 1.87. The Morgan fingerprint density at radius 2 is 2.18 bits per heavy atom. The summed E-state index contributed by atoms with van der Waals surface area (Å²) < 4.78 is 5.51. The number of nitrogens with one attached hydrogen (secondary N) is 1. The molecule has 1 heterocycles. The molecule has 1 aliphatic carbocycles. The van der Waals surface area contributed by atoms with E-state index in [0.29, 0.717) is 0 Å². The van der Waals surface area contributed by atoms with Gasteiger partial charge in [-0.2, -0.15) is 0 Å². The molecule has 1 aromatic heterocycles. The molecule has 17 heavy (non-hydrogen) atoms. The van der Waals surface area contributed by atoms with Crippen molar-refractivity contribution >= 4 is 0 Å². The lowest BCUT2D eigenvalue weighted by Gasteiger charge is -2.04. The Labute approximate surface area is 101 Å². The third-order valence-corrected chi connectivity index (χ3v) is 3.35. The van der Waals surface area contributed by atoms with E-state index in [1.54, 1.807) is 0 Å². The second kappa shape index (κ2) is 4.34. The molecule has 1 aliphatic rings. The minimum Gasteiger partial charge on any atom is -0.443 e. The number of fused-ring (bicyclic) bond motifs is 1. The van der Waals surface area contributed by atoms with Gasteiger partial charge in [0.2, 0.25) is 0 Å². The van der Waals surface area contributed by atoms with Gasteiger partial charge in [0.05, 0.1) is 0 Å². The van der Waals surface area contributed by atoms with E-state index in [0.717, 1.165) is 23.6 Å². The molecule has 0 amide bonds. The van der Waals surface area contributed by atoms with Gasteiger partial charge < -0.3 is 9.73 Å². The van der Waals surface area contributed by atoms with Gasteiger partial charge in [-0.1, -0.05) is 12.1 Å². The number of benzene rings is 1. The number of hydrogen-bond donors (Lipinski definition) is 1. The van der Waals surface area contributed by atoms with E-state index in [4.69, 9.17) is 4.42 Å². The van der Waals surface area contributed by atoms with Gasteiger partial charge in [0.1, 0.15) is 5.69 Å². The SMILES string of the molecule is CNCc1ncoc1-c1ccc2c(c1)CCC2. The van der Waals surface area contributed by atoms with Crippen LogP contribution in [0.4, 0.5) is 0 Å². The van der Waals surface area contributed by atoms with E-state index < -0.39 is 0 Å². The fourth-order valence-corrected chi connectivity index (χ4v) is 2.51. The summed E-state index contributed by atoms with van der Waals surface area (Å²) in [6.45, 7) is 0.739. The summed E-state index contributed by atoms with van der Waals surface area (Å²) in [6.07, 6.45) is 5.21. The van der Waals surface area contributed by atoms with Crippen molar-refractivity contribution in [3.8, 4) is 11.3 Å². The van der Waals surface area contributed by atoms with Crippen molar-refractivity contribution in [1.82, 2.24) is 10.3 Å². The Hall–Kier alpha value is -1.61. The minimum atomic E-state index is 0.739. The zero-order chi connectivity index (χ0) is 11.7. The largest absolute Gasteiger partial charge is 0.443 e. The van der Waals surface area contributed by atoms with Crippen LogP contribution in [0.15, 0.2) is 29.0 Å². The van der Waals surface area contributed by atoms with Crippen LogP contribution in [0.25, 0.3) is 11.3 Å². The molecule has 3 rings (SSSR count). The first-order chi connectivity index (χ1) is 8.38. The van der Waals surface area contributed by atoms with Crippen molar-refractivity contribution < 1.29 is 4.42 Å². The molecule has 0 unspecified atom stereocenters. The Bertz CT molecular complexity index is 531. The highest BCUT2D eigenvalue weighted by atomic mass is 16.3. The first-order valence-corrected chi connectivity index (χ1v) is 6.07. The van der Waals surface area contributed by atoms with Crippen molar-refractivity contribution in [3.63, 3.8) is 0 Å². The molecule has 0 bridgehead atoms. The fraction of sp³-hybridized carbons (Fsp3) is 0.357. The molecule has 3 nitrogen and oxygen atoms in total. The summed E-state index contributed by atoms with van der Waals surface area (Å²) in [7, 11) is 1.92. The maximum Gasteiger partial charge on any atom is 0.181 e. The summed E-state index contributed by atoms with van der Waals surface area (Å²) in [5, 5.41) is 3.11. The highest BCUT2D eigenvalue weighted by molar-refractivity contribution is 5.62. The molecule has 0 spiro atoms. The lowest BCUT2D eigenvalue weighted by molar-refractivity contribution is 0.570. The van der Waals surface area contributed by atoms with Gasteiger partial charge in [0, 0.05) is 12.1 Å². The number of aryl methyl sites for hydroxylation is 2. The molecule has 2 aromatic rings. The second-order valence-electron chi connectivity index (χ2n) is 4.50. The van der Waals surface area contributed by atoms with Gasteiger partial charge >= 0.3 is 0 Å². The summed E-state index contributed by atoms with van der Waals surface area (Å²) in [4.78, 5) is 4.25. The Morgan fingerprint density at radius 3 is 3.06 bits per heavy atom. The number of nitrogens with zero attached hydrogens (tertiary/aromatic N) is 1. The summed E-state index contributed by atoms with van der Waals surface area (Å²) in [5.41, 5.74) is 5.08. The Kier molecular flexibility index (Phi) is 2.69. The van der Waals surface area contributed by atoms with Crippen LogP contribution in [0.5, 0.6) is 0 Å². The van der Waals surface area contributed by atoms with Gasteiger partial charge in [0.15, 0.2) is 12.2 Å². The summed E-state index contributed by atoms with van der Waals surface area (Å²) in [6, 6.07) is 6.62. The molecule has 0 radical (unpaired) electrons. The zero-order valence-corrected chi connectivity index (χ0v) is 9.99. The molecular formula is C14H16N2O. The van der Waals surface area contributed by atoms with E-state index in [2.05, 4.69) is 28.5 Å². The molecule has 0 fully saturated rings. The van der Waals surface area contributed by atoms with Crippen molar-refractivity contribution in [2.75, 3.05) is 7.05 Å². The fourth-order valence-electron chi connectivity index (χ4n) is 2.51. The zero-order valence-electron chi connectivity index (χ0n) is 9.99. The van der Waals surface area contributed by atoms with Crippen molar-refractivity contribution in [3.05, 3.63) is 41.4 Å². The topological polar surface area (TPSA) is 38.1 Å². The minimum absolute atomic E-state index is 0.739. The van der Waals surface area contributed by atoms with Crippen LogP contribution in [-0.2, 0) is 19.4 Å². The maximum absolute atomic E-state index is 5.51. The van der Waals surface area contributed by atoms with E-state index in [-0.39, 0.29) is 0 Å².